The minimum Gasteiger partial charge on any atom is -0.493 e. The fourth-order valence-corrected chi connectivity index (χ4v) is 4.86. The SMILES string of the molecule is COc1cc2ncnc3c2cc1OCC(CN1CCOCC1)OC(C)C(C)N3c1ccc(F)c(C)c1. The van der Waals surface area contributed by atoms with Crippen LogP contribution in [0.5, 0.6) is 11.5 Å². The van der Waals surface area contributed by atoms with Gasteiger partial charge in [-0.1, -0.05) is 0 Å². The predicted octanol–water partition coefficient (Wildman–Crippen LogP) is 4.11. The monoisotopic (exact) mass is 496 g/mol. The van der Waals surface area contributed by atoms with Gasteiger partial charge in [0.1, 0.15) is 30.7 Å². The van der Waals surface area contributed by atoms with Crippen LogP contribution in [0.2, 0.25) is 0 Å². The molecule has 3 heterocycles. The van der Waals surface area contributed by atoms with Crippen LogP contribution in [0.15, 0.2) is 36.7 Å². The Labute approximate surface area is 210 Å². The predicted molar refractivity (Wildman–Crippen MR) is 136 cm³/mol. The van der Waals surface area contributed by atoms with Gasteiger partial charge in [-0.25, -0.2) is 14.4 Å². The molecule has 0 spiro atoms. The second kappa shape index (κ2) is 10.5. The van der Waals surface area contributed by atoms with E-state index >= 15 is 0 Å². The largest absolute Gasteiger partial charge is 0.493 e. The second-order valence-corrected chi connectivity index (χ2v) is 9.45. The quantitative estimate of drug-likeness (QED) is 0.535. The number of nitrogens with zero attached hydrogens (tertiary/aromatic N) is 4. The molecule has 2 aliphatic heterocycles. The molecule has 2 bridgehead atoms. The van der Waals surface area contributed by atoms with Gasteiger partial charge in [-0.05, 0) is 50.6 Å². The number of morpholine rings is 1. The van der Waals surface area contributed by atoms with Gasteiger partial charge < -0.3 is 23.8 Å². The molecule has 1 saturated heterocycles. The number of anilines is 2. The standard InChI is InChI=1S/C27H33FN4O4/c1-17-11-20(5-6-23(17)28)32-18(2)19(3)36-21(14-31-7-9-34-10-8-31)15-35-26-12-22-24(13-25(26)33-4)29-16-30-27(22)32/h5-6,11-13,16,18-19,21H,7-10,14-15H2,1-4H3. The topological polar surface area (TPSA) is 69.2 Å². The molecule has 0 saturated carbocycles. The summed E-state index contributed by atoms with van der Waals surface area (Å²) in [5.74, 6) is 1.66. The highest BCUT2D eigenvalue weighted by molar-refractivity contribution is 5.94. The van der Waals surface area contributed by atoms with Crippen molar-refractivity contribution in [2.24, 2.45) is 0 Å². The highest BCUT2D eigenvalue weighted by Gasteiger charge is 2.30. The van der Waals surface area contributed by atoms with E-state index in [2.05, 4.69) is 33.6 Å². The van der Waals surface area contributed by atoms with E-state index in [1.807, 2.05) is 18.2 Å². The van der Waals surface area contributed by atoms with E-state index in [1.165, 1.54) is 6.07 Å². The van der Waals surface area contributed by atoms with Gasteiger partial charge >= 0.3 is 0 Å². The Kier molecular flexibility index (Phi) is 7.22. The van der Waals surface area contributed by atoms with Crippen molar-refractivity contribution in [3.63, 3.8) is 0 Å². The number of aryl methyl sites for hydroxylation is 1. The summed E-state index contributed by atoms with van der Waals surface area (Å²) >= 11 is 0. The lowest BCUT2D eigenvalue weighted by atomic mass is 10.1. The highest BCUT2D eigenvalue weighted by atomic mass is 19.1. The number of rotatable bonds is 4. The maximum Gasteiger partial charge on any atom is 0.162 e. The molecule has 8 nitrogen and oxygen atoms in total. The van der Waals surface area contributed by atoms with Crippen LogP contribution in [-0.4, -0.2) is 79.7 Å². The van der Waals surface area contributed by atoms with E-state index in [9.17, 15) is 4.39 Å². The minimum absolute atomic E-state index is 0.121. The zero-order valence-electron chi connectivity index (χ0n) is 21.2. The van der Waals surface area contributed by atoms with Crippen LogP contribution < -0.4 is 14.4 Å². The van der Waals surface area contributed by atoms with Gasteiger partial charge in [0.2, 0.25) is 0 Å². The van der Waals surface area contributed by atoms with E-state index in [0.29, 0.717) is 29.5 Å². The van der Waals surface area contributed by atoms with Crippen molar-refractivity contribution in [2.45, 2.75) is 39.0 Å². The van der Waals surface area contributed by atoms with E-state index in [0.717, 1.165) is 49.4 Å². The summed E-state index contributed by atoms with van der Waals surface area (Å²) in [4.78, 5) is 13.6. The van der Waals surface area contributed by atoms with Crippen LogP contribution >= 0.6 is 0 Å². The third-order valence-corrected chi connectivity index (χ3v) is 7.03. The van der Waals surface area contributed by atoms with Crippen LogP contribution in [0, 0.1) is 12.7 Å². The van der Waals surface area contributed by atoms with Gasteiger partial charge in [0, 0.05) is 36.8 Å². The van der Waals surface area contributed by atoms with Crippen molar-refractivity contribution in [1.82, 2.24) is 14.9 Å². The summed E-state index contributed by atoms with van der Waals surface area (Å²) in [5.41, 5.74) is 2.13. The number of halogens is 1. The van der Waals surface area contributed by atoms with Crippen molar-refractivity contribution < 1.29 is 23.3 Å². The molecule has 9 heteroatoms. The number of fused-ring (bicyclic) bond motifs is 1. The molecular formula is C27H33FN4O4. The first-order valence-electron chi connectivity index (χ1n) is 12.4. The molecule has 3 atom stereocenters. The summed E-state index contributed by atoms with van der Waals surface area (Å²) in [6.07, 6.45) is 1.18. The van der Waals surface area contributed by atoms with Crippen molar-refractivity contribution in [2.75, 3.05) is 51.5 Å². The first-order valence-corrected chi connectivity index (χ1v) is 12.4. The highest BCUT2D eigenvalue weighted by Crippen LogP contribution is 2.39. The van der Waals surface area contributed by atoms with Gasteiger partial charge in [0.05, 0.1) is 38.0 Å². The minimum atomic E-state index is -0.243. The molecule has 192 valence electrons. The Balaban J connectivity index is 1.61. The summed E-state index contributed by atoms with van der Waals surface area (Å²) in [7, 11) is 1.62. The Hall–Kier alpha value is -3.01. The number of hydrogen-bond donors (Lipinski definition) is 0. The molecule has 0 radical (unpaired) electrons. The molecule has 0 amide bonds. The Bertz CT molecular complexity index is 1220. The Morgan fingerprint density at radius 1 is 1.11 bits per heavy atom. The molecule has 1 fully saturated rings. The van der Waals surface area contributed by atoms with Crippen LogP contribution in [0.1, 0.15) is 19.4 Å². The fraction of sp³-hybridized carbons (Fsp3) is 0.481. The lowest BCUT2D eigenvalue weighted by molar-refractivity contribution is -0.0612. The summed E-state index contributed by atoms with van der Waals surface area (Å²) in [6.45, 7) is 10.2. The first-order chi connectivity index (χ1) is 17.4. The van der Waals surface area contributed by atoms with Gasteiger partial charge in [0.15, 0.2) is 11.5 Å². The molecule has 0 N–H and O–H groups in total. The van der Waals surface area contributed by atoms with E-state index in [1.54, 1.807) is 26.4 Å². The van der Waals surface area contributed by atoms with E-state index < -0.39 is 0 Å². The summed E-state index contributed by atoms with van der Waals surface area (Å²) in [6, 6.07) is 8.80. The van der Waals surface area contributed by atoms with Crippen LogP contribution in [0.25, 0.3) is 10.9 Å². The van der Waals surface area contributed by atoms with Gasteiger partial charge in [-0.3, -0.25) is 4.90 Å². The molecule has 3 aromatic rings. The van der Waals surface area contributed by atoms with E-state index in [4.69, 9.17) is 18.9 Å². The van der Waals surface area contributed by atoms with Crippen molar-refractivity contribution >= 4 is 22.4 Å². The first kappa shape index (κ1) is 24.7. The lowest BCUT2D eigenvalue weighted by Gasteiger charge is -2.37. The van der Waals surface area contributed by atoms with Crippen LogP contribution in [0.4, 0.5) is 15.9 Å². The van der Waals surface area contributed by atoms with Crippen molar-refractivity contribution in [3.05, 3.63) is 48.0 Å². The van der Waals surface area contributed by atoms with Crippen LogP contribution in [-0.2, 0) is 9.47 Å². The fourth-order valence-electron chi connectivity index (χ4n) is 4.86. The maximum absolute atomic E-state index is 14.2. The van der Waals surface area contributed by atoms with Crippen molar-refractivity contribution in [3.8, 4) is 11.5 Å². The van der Waals surface area contributed by atoms with Gasteiger partial charge in [-0.2, -0.15) is 0 Å². The van der Waals surface area contributed by atoms with Crippen LogP contribution in [0.3, 0.4) is 0 Å². The Morgan fingerprint density at radius 3 is 2.67 bits per heavy atom. The smallest absolute Gasteiger partial charge is 0.162 e. The maximum atomic E-state index is 14.2. The molecular weight excluding hydrogens is 463 g/mol. The zero-order valence-corrected chi connectivity index (χ0v) is 21.2. The Morgan fingerprint density at radius 2 is 1.92 bits per heavy atom. The number of benzene rings is 2. The molecule has 0 aliphatic carbocycles. The molecule has 2 aromatic carbocycles. The van der Waals surface area contributed by atoms with E-state index in [-0.39, 0.29) is 24.1 Å². The molecule has 36 heavy (non-hydrogen) atoms. The number of methoxy groups -OCH3 is 1. The zero-order chi connectivity index (χ0) is 25.2. The molecule has 1 aromatic heterocycles. The molecule has 2 aliphatic rings. The molecule has 5 rings (SSSR count). The van der Waals surface area contributed by atoms with Gasteiger partial charge in [-0.15, -0.1) is 0 Å². The third kappa shape index (κ3) is 4.96. The van der Waals surface area contributed by atoms with Crippen molar-refractivity contribution in [1.29, 1.82) is 0 Å². The third-order valence-electron chi connectivity index (χ3n) is 7.03. The second-order valence-electron chi connectivity index (χ2n) is 9.45. The summed E-state index contributed by atoms with van der Waals surface area (Å²) in [5, 5.41) is 0.820. The van der Waals surface area contributed by atoms with Gasteiger partial charge in [0.25, 0.3) is 0 Å². The normalized spacial score (nSPS) is 23.4. The number of aromatic nitrogens is 2. The average Bonchev–Trinajstić information content (AvgIpc) is 2.90. The number of hydrogen-bond acceptors (Lipinski definition) is 8. The number of ether oxygens (including phenoxy) is 4. The average molecular weight is 497 g/mol. The lowest BCUT2D eigenvalue weighted by Crippen LogP contribution is -2.47. The summed E-state index contributed by atoms with van der Waals surface area (Å²) < 4.78 is 38.3. The molecule has 3 unspecified atom stereocenters.